The van der Waals surface area contributed by atoms with E-state index < -0.39 is 0 Å². The van der Waals surface area contributed by atoms with Crippen LogP contribution in [0.3, 0.4) is 0 Å². The van der Waals surface area contributed by atoms with E-state index in [2.05, 4.69) is 19.2 Å². The summed E-state index contributed by atoms with van der Waals surface area (Å²) in [7, 11) is 3.06. The number of rotatable bonds is 6. The van der Waals surface area contributed by atoms with Gasteiger partial charge in [0, 0.05) is 30.4 Å². The number of amides is 2. The summed E-state index contributed by atoms with van der Waals surface area (Å²) < 4.78 is 16.1. The SMILES string of the molecule is COc1ccc(C(=O)Nc2ccc3c(c2)CN(CC(C)C)C(=O)CO3)c(OC)c1. The molecule has 1 aliphatic rings. The van der Waals surface area contributed by atoms with Crippen molar-refractivity contribution in [3.63, 3.8) is 0 Å². The number of carbonyl (C=O) groups excluding carboxylic acids is 2. The van der Waals surface area contributed by atoms with E-state index in [0.29, 0.717) is 47.5 Å². The van der Waals surface area contributed by atoms with E-state index in [0.717, 1.165) is 5.56 Å². The molecule has 0 bridgehead atoms. The molecule has 7 nitrogen and oxygen atoms in total. The van der Waals surface area contributed by atoms with Crippen LogP contribution >= 0.6 is 0 Å². The highest BCUT2D eigenvalue weighted by Crippen LogP contribution is 2.29. The Labute approximate surface area is 170 Å². The first-order chi connectivity index (χ1) is 13.9. The number of nitrogens with one attached hydrogen (secondary N) is 1. The fourth-order valence-corrected chi connectivity index (χ4v) is 3.24. The second-order valence-corrected chi connectivity index (χ2v) is 7.30. The molecule has 7 heteroatoms. The Bertz CT molecular complexity index is 910. The van der Waals surface area contributed by atoms with Crippen LogP contribution in [0.1, 0.15) is 29.8 Å². The summed E-state index contributed by atoms with van der Waals surface area (Å²) in [4.78, 5) is 26.8. The molecule has 2 aromatic rings. The number of fused-ring (bicyclic) bond motifs is 1. The lowest BCUT2D eigenvalue weighted by atomic mass is 10.1. The zero-order valence-electron chi connectivity index (χ0n) is 17.2. The Morgan fingerprint density at radius 2 is 1.97 bits per heavy atom. The Hall–Kier alpha value is -3.22. The minimum Gasteiger partial charge on any atom is -0.497 e. The van der Waals surface area contributed by atoms with Gasteiger partial charge in [0.1, 0.15) is 17.2 Å². The normalized spacial score (nSPS) is 13.4. The van der Waals surface area contributed by atoms with Gasteiger partial charge in [-0.15, -0.1) is 0 Å². The predicted molar refractivity (Wildman–Crippen MR) is 110 cm³/mol. The van der Waals surface area contributed by atoms with Gasteiger partial charge in [-0.2, -0.15) is 0 Å². The third kappa shape index (κ3) is 4.80. The number of methoxy groups -OCH3 is 2. The predicted octanol–water partition coefficient (Wildman–Crippen LogP) is 3.33. The zero-order chi connectivity index (χ0) is 21.0. The minimum atomic E-state index is -0.297. The maximum atomic E-state index is 12.8. The Balaban J connectivity index is 1.81. The smallest absolute Gasteiger partial charge is 0.260 e. The van der Waals surface area contributed by atoms with Crippen LogP contribution in [0.4, 0.5) is 5.69 Å². The number of hydrogen-bond acceptors (Lipinski definition) is 5. The molecule has 1 heterocycles. The average Bonchev–Trinajstić information content (AvgIpc) is 2.85. The second kappa shape index (κ2) is 8.86. The van der Waals surface area contributed by atoms with Crippen molar-refractivity contribution in [3.05, 3.63) is 47.5 Å². The van der Waals surface area contributed by atoms with Crippen LogP contribution in [0.5, 0.6) is 17.2 Å². The van der Waals surface area contributed by atoms with E-state index in [9.17, 15) is 9.59 Å². The van der Waals surface area contributed by atoms with E-state index >= 15 is 0 Å². The summed E-state index contributed by atoms with van der Waals surface area (Å²) in [5, 5.41) is 2.89. The van der Waals surface area contributed by atoms with E-state index in [1.54, 1.807) is 42.3 Å². The van der Waals surface area contributed by atoms with Gasteiger partial charge in [0.05, 0.1) is 19.8 Å². The van der Waals surface area contributed by atoms with Crippen molar-refractivity contribution in [2.75, 3.05) is 32.7 Å². The largest absolute Gasteiger partial charge is 0.497 e. The van der Waals surface area contributed by atoms with Gasteiger partial charge in [0.25, 0.3) is 11.8 Å². The first-order valence-corrected chi connectivity index (χ1v) is 9.48. The zero-order valence-corrected chi connectivity index (χ0v) is 17.2. The molecule has 0 spiro atoms. The van der Waals surface area contributed by atoms with Crippen molar-refractivity contribution < 1.29 is 23.8 Å². The van der Waals surface area contributed by atoms with Gasteiger partial charge in [-0.1, -0.05) is 13.8 Å². The quantitative estimate of drug-likeness (QED) is 0.808. The van der Waals surface area contributed by atoms with E-state index in [1.807, 2.05) is 6.07 Å². The lowest BCUT2D eigenvalue weighted by Gasteiger charge is -2.22. The van der Waals surface area contributed by atoms with Crippen LogP contribution in [0.25, 0.3) is 0 Å². The molecule has 3 rings (SSSR count). The van der Waals surface area contributed by atoms with Crippen molar-refractivity contribution in [2.45, 2.75) is 20.4 Å². The Kier molecular flexibility index (Phi) is 6.26. The number of anilines is 1. The van der Waals surface area contributed by atoms with Crippen molar-refractivity contribution in [3.8, 4) is 17.2 Å². The summed E-state index contributed by atoms with van der Waals surface area (Å²) in [6, 6.07) is 10.4. The first kappa shape index (κ1) is 20.5. The topological polar surface area (TPSA) is 77.1 Å². The lowest BCUT2D eigenvalue weighted by Crippen LogP contribution is -2.35. The summed E-state index contributed by atoms with van der Waals surface area (Å²) >= 11 is 0. The molecule has 0 unspecified atom stereocenters. The molecule has 0 fully saturated rings. The van der Waals surface area contributed by atoms with Gasteiger partial charge in [-0.05, 0) is 36.2 Å². The molecular formula is C22H26N2O5. The number of hydrogen-bond donors (Lipinski definition) is 1. The van der Waals surface area contributed by atoms with Gasteiger partial charge in [0.15, 0.2) is 6.61 Å². The third-order valence-electron chi connectivity index (χ3n) is 4.62. The maximum absolute atomic E-state index is 12.8. The summed E-state index contributed by atoms with van der Waals surface area (Å²) in [6.07, 6.45) is 0. The number of nitrogens with zero attached hydrogens (tertiary/aromatic N) is 1. The lowest BCUT2D eigenvalue weighted by molar-refractivity contribution is -0.133. The monoisotopic (exact) mass is 398 g/mol. The molecule has 0 aromatic heterocycles. The van der Waals surface area contributed by atoms with Gasteiger partial charge >= 0.3 is 0 Å². The van der Waals surface area contributed by atoms with Crippen LogP contribution in [-0.2, 0) is 11.3 Å². The molecule has 1 N–H and O–H groups in total. The molecule has 0 saturated heterocycles. The molecule has 0 radical (unpaired) electrons. The number of ether oxygens (including phenoxy) is 3. The van der Waals surface area contributed by atoms with Crippen molar-refractivity contribution >= 4 is 17.5 Å². The molecule has 154 valence electrons. The average molecular weight is 398 g/mol. The molecule has 0 atom stereocenters. The highest BCUT2D eigenvalue weighted by atomic mass is 16.5. The summed E-state index contributed by atoms with van der Waals surface area (Å²) in [5.74, 6) is 1.71. The standard InChI is InChI=1S/C22H26N2O5/c1-14(2)11-24-12-15-9-16(5-8-19(15)29-13-21(24)25)23-22(26)18-7-6-17(27-3)10-20(18)28-4/h5-10,14H,11-13H2,1-4H3,(H,23,26). The Morgan fingerprint density at radius 3 is 2.66 bits per heavy atom. The van der Waals surface area contributed by atoms with Crippen LogP contribution in [-0.4, -0.2) is 44.1 Å². The fraction of sp³-hybridized carbons (Fsp3) is 0.364. The molecule has 2 aromatic carbocycles. The Morgan fingerprint density at radius 1 is 1.17 bits per heavy atom. The minimum absolute atomic E-state index is 0.0223. The van der Waals surface area contributed by atoms with E-state index in [4.69, 9.17) is 14.2 Å². The summed E-state index contributed by atoms with van der Waals surface area (Å²) in [6.45, 7) is 5.26. The van der Waals surface area contributed by atoms with Gasteiger partial charge < -0.3 is 24.4 Å². The van der Waals surface area contributed by atoms with Crippen LogP contribution in [0.15, 0.2) is 36.4 Å². The highest BCUT2D eigenvalue weighted by Gasteiger charge is 2.23. The maximum Gasteiger partial charge on any atom is 0.260 e. The fourth-order valence-electron chi connectivity index (χ4n) is 3.24. The molecule has 0 aliphatic carbocycles. The van der Waals surface area contributed by atoms with Crippen molar-refractivity contribution in [1.29, 1.82) is 0 Å². The van der Waals surface area contributed by atoms with Crippen LogP contribution in [0, 0.1) is 5.92 Å². The number of carbonyl (C=O) groups is 2. The van der Waals surface area contributed by atoms with E-state index in [-0.39, 0.29) is 18.4 Å². The molecular weight excluding hydrogens is 372 g/mol. The molecule has 0 saturated carbocycles. The van der Waals surface area contributed by atoms with Crippen molar-refractivity contribution in [2.24, 2.45) is 5.92 Å². The molecule has 29 heavy (non-hydrogen) atoms. The number of benzene rings is 2. The summed E-state index contributed by atoms with van der Waals surface area (Å²) in [5.41, 5.74) is 1.88. The van der Waals surface area contributed by atoms with E-state index in [1.165, 1.54) is 7.11 Å². The van der Waals surface area contributed by atoms with Crippen LogP contribution in [0.2, 0.25) is 0 Å². The first-order valence-electron chi connectivity index (χ1n) is 9.48. The van der Waals surface area contributed by atoms with Gasteiger partial charge in [-0.25, -0.2) is 0 Å². The second-order valence-electron chi connectivity index (χ2n) is 7.30. The highest BCUT2D eigenvalue weighted by molar-refractivity contribution is 6.06. The molecule has 2 amide bonds. The van der Waals surface area contributed by atoms with Crippen molar-refractivity contribution in [1.82, 2.24) is 4.90 Å². The van der Waals surface area contributed by atoms with Gasteiger partial charge in [0.2, 0.25) is 0 Å². The van der Waals surface area contributed by atoms with Crippen LogP contribution < -0.4 is 19.5 Å². The molecule has 1 aliphatic heterocycles. The van der Waals surface area contributed by atoms with Gasteiger partial charge in [-0.3, -0.25) is 9.59 Å². The third-order valence-corrected chi connectivity index (χ3v) is 4.62.